The third-order valence-corrected chi connectivity index (χ3v) is 4.82. The molecule has 1 N–H and O–H groups in total. The van der Waals surface area contributed by atoms with Gasteiger partial charge in [0.15, 0.2) is 0 Å². The first kappa shape index (κ1) is 13.8. The molecular formula is C15H21ClFN. The monoisotopic (exact) mass is 269 g/mol. The molecular weight excluding hydrogens is 249 g/mol. The van der Waals surface area contributed by atoms with Crippen LogP contribution in [0.25, 0.3) is 0 Å². The molecule has 1 aliphatic carbocycles. The number of nitrogens with one attached hydrogen (secondary N) is 1. The lowest BCUT2D eigenvalue weighted by Crippen LogP contribution is -2.35. The Bertz CT molecular complexity index is 393. The minimum atomic E-state index is -0.193. The van der Waals surface area contributed by atoms with Gasteiger partial charge in [0.25, 0.3) is 0 Å². The Labute approximate surface area is 114 Å². The van der Waals surface area contributed by atoms with Crippen molar-refractivity contribution < 1.29 is 4.39 Å². The first-order valence-electron chi connectivity index (χ1n) is 6.76. The van der Waals surface area contributed by atoms with E-state index in [4.69, 9.17) is 11.6 Å². The number of rotatable bonds is 4. The average molecular weight is 270 g/mol. The lowest BCUT2D eigenvalue weighted by atomic mass is 9.73. The van der Waals surface area contributed by atoms with Crippen LogP contribution in [0.15, 0.2) is 18.2 Å². The van der Waals surface area contributed by atoms with Crippen LogP contribution in [-0.2, 0) is 0 Å². The standard InChI is InChI=1S/C15H21ClFN/c1-3-15(9-4-5-10-15)14(18-2)13-11(16)7-6-8-12(13)17/h6-8,14,18H,3-5,9-10H2,1-2H3. The smallest absolute Gasteiger partial charge is 0.129 e. The minimum Gasteiger partial charge on any atom is -0.312 e. The third-order valence-electron chi connectivity index (χ3n) is 4.49. The molecule has 0 amide bonds. The first-order valence-corrected chi connectivity index (χ1v) is 7.13. The summed E-state index contributed by atoms with van der Waals surface area (Å²) < 4.78 is 14.1. The summed E-state index contributed by atoms with van der Waals surface area (Å²) in [7, 11) is 1.91. The van der Waals surface area contributed by atoms with E-state index >= 15 is 0 Å². The highest BCUT2D eigenvalue weighted by Crippen LogP contribution is 2.51. The fraction of sp³-hybridized carbons (Fsp3) is 0.600. The molecule has 0 radical (unpaired) electrons. The Morgan fingerprint density at radius 3 is 2.56 bits per heavy atom. The van der Waals surface area contributed by atoms with Crippen molar-refractivity contribution in [3.05, 3.63) is 34.6 Å². The van der Waals surface area contributed by atoms with Crippen molar-refractivity contribution in [2.75, 3.05) is 7.05 Å². The molecule has 0 aliphatic heterocycles. The van der Waals surface area contributed by atoms with Crippen molar-refractivity contribution >= 4 is 11.6 Å². The molecule has 1 aliphatic rings. The van der Waals surface area contributed by atoms with Crippen molar-refractivity contribution in [1.82, 2.24) is 5.32 Å². The van der Waals surface area contributed by atoms with Crippen molar-refractivity contribution in [3.8, 4) is 0 Å². The van der Waals surface area contributed by atoms with Gasteiger partial charge in [0.05, 0.1) is 0 Å². The minimum absolute atomic E-state index is 0.0127. The Morgan fingerprint density at radius 2 is 2.06 bits per heavy atom. The van der Waals surface area contributed by atoms with Crippen LogP contribution < -0.4 is 5.32 Å². The second kappa shape index (κ2) is 5.58. The number of benzene rings is 1. The van der Waals surface area contributed by atoms with Crippen LogP contribution in [0.5, 0.6) is 0 Å². The van der Waals surface area contributed by atoms with Gasteiger partial charge in [-0.15, -0.1) is 0 Å². The van der Waals surface area contributed by atoms with Gasteiger partial charge in [-0.3, -0.25) is 0 Å². The molecule has 1 unspecified atom stereocenters. The molecule has 1 saturated carbocycles. The molecule has 1 atom stereocenters. The van der Waals surface area contributed by atoms with E-state index in [9.17, 15) is 4.39 Å². The fourth-order valence-electron chi connectivity index (χ4n) is 3.47. The Kier molecular flexibility index (Phi) is 4.29. The summed E-state index contributed by atoms with van der Waals surface area (Å²) in [5.74, 6) is -0.193. The van der Waals surface area contributed by atoms with E-state index in [2.05, 4.69) is 12.2 Å². The molecule has 100 valence electrons. The zero-order valence-corrected chi connectivity index (χ0v) is 11.9. The van der Waals surface area contributed by atoms with Gasteiger partial charge >= 0.3 is 0 Å². The highest BCUT2D eigenvalue weighted by molar-refractivity contribution is 6.31. The van der Waals surface area contributed by atoms with Crippen LogP contribution in [0, 0.1) is 11.2 Å². The highest BCUT2D eigenvalue weighted by atomic mass is 35.5. The van der Waals surface area contributed by atoms with E-state index in [0.29, 0.717) is 10.6 Å². The molecule has 1 fully saturated rings. The summed E-state index contributed by atoms with van der Waals surface area (Å²) in [5.41, 5.74) is 0.797. The van der Waals surface area contributed by atoms with Crippen LogP contribution in [0.2, 0.25) is 5.02 Å². The van der Waals surface area contributed by atoms with Crippen LogP contribution >= 0.6 is 11.6 Å². The van der Waals surface area contributed by atoms with Gasteiger partial charge in [-0.25, -0.2) is 4.39 Å². The normalized spacial score (nSPS) is 20.0. The zero-order chi connectivity index (χ0) is 13.2. The van der Waals surface area contributed by atoms with E-state index in [0.717, 1.165) is 19.3 Å². The lowest BCUT2D eigenvalue weighted by Gasteiger charge is -2.37. The zero-order valence-electron chi connectivity index (χ0n) is 11.1. The summed E-state index contributed by atoms with van der Waals surface area (Å²) in [4.78, 5) is 0. The van der Waals surface area contributed by atoms with Gasteiger partial charge in [-0.1, -0.05) is 37.4 Å². The summed E-state index contributed by atoms with van der Waals surface area (Å²) in [6.07, 6.45) is 5.83. The molecule has 18 heavy (non-hydrogen) atoms. The van der Waals surface area contributed by atoms with E-state index in [-0.39, 0.29) is 17.3 Å². The summed E-state index contributed by atoms with van der Waals surface area (Å²) in [6.45, 7) is 2.20. The molecule has 1 aromatic carbocycles. The number of hydrogen-bond donors (Lipinski definition) is 1. The number of halogens is 2. The first-order chi connectivity index (χ1) is 8.64. The van der Waals surface area contributed by atoms with Crippen LogP contribution in [0.1, 0.15) is 50.6 Å². The van der Waals surface area contributed by atoms with Gasteiger partial charge in [0, 0.05) is 16.6 Å². The van der Waals surface area contributed by atoms with Gasteiger partial charge in [0.2, 0.25) is 0 Å². The average Bonchev–Trinajstić information content (AvgIpc) is 2.84. The Hall–Kier alpha value is -0.600. The summed E-state index contributed by atoms with van der Waals surface area (Å²) >= 11 is 6.22. The maximum Gasteiger partial charge on any atom is 0.129 e. The van der Waals surface area contributed by atoms with Crippen molar-refractivity contribution in [3.63, 3.8) is 0 Å². The molecule has 0 saturated heterocycles. The maximum absolute atomic E-state index is 14.1. The van der Waals surface area contributed by atoms with Crippen LogP contribution in [0.4, 0.5) is 4.39 Å². The van der Waals surface area contributed by atoms with Crippen LogP contribution in [-0.4, -0.2) is 7.05 Å². The molecule has 1 nitrogen and oxygen atoms in total. The molecule has 0 spiro atoms. The molecule has 2 rings (SSSR count). The van der Waals surface area contributed by atoms with E-state index in [1.165, 1.54) is 18.9 Å². The number of hydrogen-bond acceptors (Lipinski definition) is 1. The Balaban J connectivity index is 2.44. The second-order valence-corrected chi connectivity index (χ2v) is 5.69. The van der Waals surface area contributed by atoms with Gasteiger partial charge in [-0.05, 0) is 43.9 Å². The molecule has 0 heterocycles. The molecule has 3 heteroatoms. The summed E-state index contributed by atoms with van der Waals surface area (Å²) in [5, 5.41) is 3.85. The third kappa shape index (κ3) is 2.28. The van der Waals surface area contributed by atoms with Crippen LogP contribution in [0.3, 0.4) is 0 Å². The lowest BCUT2D eigenvalue weighted by molar-refractivity contribution is 0.191. The summed E-state index contributed by atoms with van der Waals surface area (Å²) in [6, 6.07) is 4.96. The Morgan fingerprint density at radius 1 is 1.39 bits per heavy atom. The largest absolute Gasteiger partial charge is 0.312 e. The van der Waals surface area contributed by atoms with Gasteiger partial charge in [0.1, 0.15) is 5.82 Å². The van der Waals surface area contributed by atoms with E-state index < -0.39 is 0 Å². The highest BCUT2D eigenvalue weighted by Gasteiger charge is 2.41. The van der Waals surface area contributed by atoms with Gasteiger partial charge in [-0.2, -0.15) is 0 Å². The second-order valence-electron chi connectivity index (χ2n) is 5.28. The van der Waals surface area contributed by atoms with E-state index in [1.54, 1.807) is 12.1 Å². The van der Waals surface area contributed by atoms with Gasteiger partial charge < -0.3 is 5.32 Å². The molecule has 0 aromatic heterocycles. The molecule has 0 bridgehead atoms. The maximum atomic E-state index is 14.1. The quantitative estimate of drug-likeness (QED) is 0.835. The van der Waals surface area contributed by atoms with Crippen molar-refractivity contribution in [2.45, 2.75) is 45.1 Å². The predicted molar refractivity (Wildman–Crippen MR) is 74.4 cm³/mol. The SMILES string of the molecule is CCC1(C(NC)c2c(F)cccc2Cl)CCCC1. The fourth-order valence-corrected chi connectivity index (χ4v) is 3.74. The van der Waals surface area contributed by atoms with Crippen molar-refractivity contribution in [1.29, 1.82) is 0 Å². The van der Waals surface area contributed by atoms with E-state index in [1.807, 2.05) is 7.05 Å². The van der Waals surface area contributed by atoms with Crippen molar-refractivity contribution in [2.24, 2.45) is 5.41 Å². The molecule has 1 aromatic rings. The predicted octanol–water partition coefficient (Wildman–Crippen LogP) is 4.71. The topological polar surface area (TPSA) is 12.0 Å².